The van der Waals surface area contributed by atoms with Gasteiger partial charge in [0.1, 0.15) is 0 Å². The monoisotopic (exact) mass is 287 g/mol. The molecular formula is C19H17N3. The largest absolute Gasteiger partial charge is 0.261 e. The highest BCUT2D eigenvalue weighted by Gasteiger charge is 2.39. The van der Waals surface area contributed by atoms with E-state index in [0.717, 1.165) is 24.0 Å². The molecule has 0 saturated carbocycles. The van der Waals surface area contributed by atoms with Crippen molar-refractivity contribution in [2.24, 2.45) is 0 Å². The van der Waals surface area contributed by atoms with Crippen LogP contribution in [0.1, 0.15) is 30.0 Å². The van der Waals surface area contributed by atoms with Crippen LogP contribution in [0.25, 0.3) is 0 Å². The Labute approximate surface area is 131 Å². The Morgan fingerprint density at radius 1 is 0.773 bits per heavy atom. The summed E-state index contributed by atoms with van der Waals surface area (Å²) in [7, 11) is 0. The van der Waals surface area contributed by atoms with Gasteiger partial charge in [0, 0.05) is 0 Å². The summed E-state index contributed by atoms with van der Waals surface area (Å²) in [6.07, 6.45) is 1.51. The Morgan fingerprint density at radius 3 is 1.55 bits per heavy atom. The van der Waals surface area contributed by atoms with Crippen LogP contribution >= 0.6 is 0 Å². The van der Waals surface area contributed by atoms with Crippen molar-refractivity contribution >= 4 is 0 Å². The summed E-state index contributed by atoms with van der Waals surface area (Å²) in [6.45, 7) is 0. The van der Waals surface area contributed by atoms with E-state index in [4.69, 9.17) is 0 Å². The van der Waals surface area contributed by atoms with E-state index in [1.165, 1.54) is 0 Å². The summed E-state index contributed by atoms with van der Waals surface area (Å²) >= 11 is 0. The molecule has 0 N–H and O–H groups in total. The summed E-state index contributed by atoms with van der Waals surface area (Å²) in [5, 5.41) is 19.0. The van der Waals surface area contributed by atoms with Crippen molar-refractivity contribution < 1.29 is 0 Å². The molecule has 22 heavy (non-hydrogen) atoms. The maximum atomic E-state index is 9.49. The van der Waals surface area contributed by atoms with Gasteiger partial charge in [-0.05, 0) is 24.0 Å². The molecule has 108 valence electrons. The van der Waals surface area contributed by atoms with Gasteiger partial charge in [-0.1, -0.05) is 60.7 Å². The first kappa shape index (κ1) is 14.3. The van der Waals surface area contributed by atoms with Gasteiger partial charge in [0.25, 0.3) is 0 Å². The lowest BCUT2D eigenvalue weighted by atomic mass is 9.95. The normalized spacial score (nSPS) is 21.4. The minimum atomic E-state index is -0.213. The Morgan fingerprint density at radius 2 is 1.18 bits per heavy atom. The topological polar surface area (TPSA) is 50.8 Å². The smallest absolute Gasteiger partial charge is 0.0996 e. The number of rotatable bonds is 3. The zero-order chi connectivity index (χ0) is 15.4. The first-order chi connectivity index (χ1) is 10.8. The fraction of sp³-hybridized carbons (Fsp3) is 0.263. The van der Waals surface area contributed by atoms with Gasteiger partial charge in [-0.25, -0.2) is 0 Å². The number of nitrogens with zero attached hydrogens (tertiary/aromatic N) is 3. The molecule has 1 aliphatic heterocycles. The lowest BCUT2D eigenvalue weighted by molar-refractivity contribution is 0.207. The molecule has 0 bridgehead atoms. The summed E-state index contributed by atoms with van der Waals surface area (Å²) < 4.78 is 0. The number of nitriles is 2. The highest BCUT2D eigenvalue weighted by molar-refractivity contribution is 5.34. The van der Waals surface area contributed by atoms with Crippen molar-refractivity contribution in [1.82, 2.24) is 4.90 Å². The molecule has 2 atom stereocenters. The van der Waals surface area contributed by atoms with Crippen LogP contribution in [-0.4, -0.2) is 17.0 Å². The van der Waals surface area contributed by atoms with Crippen LogP contribution in [0.4, 0.5) is 0 Å². The third kappa shape index (κ3) is 2.60. The SMILES string of the molecule is N#C[C@@H]1CC[C@@H](C#N)N1C(c1ccccc1)c1ccccc1. The number of benzene rings is 2. The summed E-state index contributed by atoms with van der Waals surface area (Å²) in [5.41, 5.74) is 2.24. The number of likely N-dealkylation sites (tertiary alicyclic amines) is 1. The van der Waals surface area contributed by atoms with Crippen LogP contribution in [0.2, 0.25) is 0 Å². The van der Waals surface area contributed by atoms with E-state index >= 15 is 0 Å². The Kier molecular flexibility index (Phi) is 4.19. The molecule has 3 heteroatoms. The average molecular weight is 287 g/mol. The predicted octanol–water partition coefficient (Wildman–Crippen LogP) is 3.66. The van der Waals surface area contributed by atoms with Crippen molar-refractivity contribution in [2.45, 2.75) is 31.0 Å². The molecule has 3 rings (SSSR count). The first-order valence-corrected chi connectivity index (χ1v) is 7.51. The van der Waals surface area contributed by atoms with E-state index in [-0.39, 0.29) is 18.1 Å². The fourth-order valence-electron chi connectivity index (χ4n) is 3.26. The van der Waals surface area contributed by atoms with Crippen LogP contribution in [-0.2, 0) is 0 Å². The van der Waals surface area contributed by atoms with Crippen molar-refractivity contribution in [3.8, 4) is 12.1 Å². The van der Waals surface area contributed by atoms with E-state index in [2.05, 4.69) is 41.3 Å². The minimum Gasteiger partial charge on any atom is -0.261 e. The van der Waals surface area contributed by atoms with Crippen molar-refractivity contribution in [3.05, 3.63) is 71.8 Å². The molecule has 3 nitrogen and oxygen atoms in total. The first-order valence-electron chi connectivity index (χ1n) is 7.51. The highest BCUT2D eigenvalue weighted by Crippen LogP contribution is 2.37. The van der Waals surface area contributed by atoms with Gasteiger partial charge >= 0.3 is 0 Å². The van der Waals surface area contributed by atoms with Gasteiger partial charge in [0.15, 0.2) is 0 Å². The molecule has 1 saturated heterocycles. The highest BCUT2D eigenvalue weighted by atomic mass is 15.2. The molecule has 0 aromatic heterocycles. The van der Waals surface area contributed by atoms with E-state index in [1.54, 1.807) is 0 Å². The van der Waals surface area contributed by atoms with Gasteiger partial charge in [0.05, 0.1) is 30.3 Å². The third-order valence-electron chi connectivity index (χ3n) is 4.26. The van der Waals surface area contributed by atoms with Crippen LogP contribution < -0.4 is 0 Å². The maximum absolute atomic E-state index is 9.49. The van der Waals surface area contributed by atoms with Crippen LogP contribution in [0.3, 0.4) is 0 Å². The molecule has 1 fully saturated rings. The lowest BCUT2D eigenvalue weighted by Gasteiger charge is -2.33. The van der Waals surface area contributed by atoms with Gasteiger partial charge in [-0.15, -0.1) is 0 Å². The van der Waals surface area contributed by atoms with Gasteiger partial charge in [0.2, 0.25) is 0 Å². The van der Waals surface area contributed by atoms with Crippen molar-refractivity contribution in [2.75, 3.05) is 0 Å². The standard InChI is InChI=1S/C19H17N3/c20-13-17-11-12-18(14-21)22(17)19(15-7-3-1-4-8-15)16-9-5-2-6-10-16/h1-10,17-19H,11-12H2/t17-,18-/m0/s1. The second-order valence-corrected chi connectivity index (χ2v) is 5.54. The number of hydrogen-bond donors (Lipinski definition) is 0. The van der Waals surface area contributed by atoms with Crippen molar-refractivity contribution in [1.29, 1.82) is 10.5 Å². The van der Waals surface area contributed by atoms with Crippen molar-refractivity contribution in [3.63, 3.8) is 0 Å². The van der Waals surface area contributed by atoms with E-state index in [0.29, 0.717) is 0 Å². The van der Waals surface area contributed by atoms with Crippen LogP contribution in [0, 0.1) is 22.7 Å². The molecule has 0 unspecified atom stereocenters. The van der Waals surface area contributed by atoms with Gasteiger partial charge in [-0.3, -0.25) is 4.90 Å². The third-order valence-corrected chi connectivity index (χ3v) is 4.26. The van der Waals surface area contributed by atoms with Crippen LogP contribution in [0.5, 0.6) is 0 Å². The summed E-state index contributed by atoms with van der Waals surface area (Å²) in [5.74, 6) is 0. The minimum absolute atomic E-state index is 0.0563. The van der Waals surface area contributed by atoms with Crippen LogP contribution in [0.15, 0.2) is 60.7 Å². The molecule has 1 aliphatic rings. The zero-order valence-corrected chi connectivity index (χ0v) is 12.3. The zero-order valence-electron chi connectivity index (χ0n) is 12.3. The van der Waals surface area contributed by atoms with Gasteiger partial charge in [-0.2, -0.15) is 10.5 Å². The molecule has 2 aromatic carbocycles. The summed E-state index contributed by atoms with van der Waals surface area (Å²) in [6, 6.07) is 24.5. The van der Waals surface area contributed by atoms with E-state index in [1.807, 2.05) is 36.4 Å². The number of hydrogen-bond acceptors (Lipinski definition) is 3. The Bertz CT molecular complexity index is 635. The summed E-state index contributed by atoms with van der Waals surface area (Å²) in [4.78, 5) is 2.07. The lowest BCUT2D eigenvalue weighted by Crippen LogP contribution is -2.38. The van der Waals surface area contributed by atoms with Gasteiger partial charge < -0.3 is 0 Å². The fourth-order valence-corrected chi connectivity index (χ4v) is 3.26. The molecule has 2 aromatic rings. The predicted molar refractivity (Wildman–Crippen MR) is 84.6 cm³/mol. The molecule has 0 aliphatic carbocycles. The average Bonchev–Trinajstić information content (AvgIpc) is 3.00. The molecule has 0 spiro atoms. The van der Waals surface area contributed by atoms with E-state index in [9.17, 15) is 10.5 Å². The maximum Gasteiger partial charge on any atom is 0.0996 e. The second-order valence-electron chi connectivity index (χ2n) is 5.54. The molecule has 1 heterocycles. The van der Waals surface area contributed by atoms with E-state index < -0.39 is 0 Å². The molecule has 0 amide bonds. The molecular weight excluding hydrogens is 270 g/mol. The Balaban J connectivity index is 2.10. The second kappa shape index (κ2) is 6.43. The quantitative estimate of drug-likeness (QED) is 0.865. The Hall–Kier alpha value is -2.62. The molecule has 0 radical (unpaired) electrons.